The fourth-order valence-corrected chi connectivity index (χ4v) is 2.37. The molecule has 0 aliphatic heterocycles. The monoisotopic (exact) mass is 322 g/mol. The summed E-state index contributed by atoms with van der Waals surface area (Å²) in [5.74, 6) is 1.39. The Morgan fingerprint density at radius 1 is 1.37 bits per heavy atom. The molecule has 0 saturated heterocycles. The first kappa shape index (κ1) is 14.0. The molecule has 0 amide bonds. The van der Waals surface area contributed by atoms with Gasteiger partial charge in [-0.3, -0.25) is 0 Å². The zero-order valence-electron chi connectivity index (χ0n) is 11.0. The second-order valence-electron chi connectivity index (χ2n) is 4.26. The number of aryl methyl sites for hydroxylation is 1. The zero-order chi connectivity index (χ0) is 14.0. The Bertz CT molecular complexity index is 600. The molecule has 0 radical (unpaired) electrons. The first-order valence-electron chi connectivity index (χ1n) is 5.88. The van der Waals surface area contributed by atoms with Crippen LogP contribution < -0.4 is 4.74 Å². The fourth-order valence-electron chi connectivity index (χ4n) is 1.83. The number of hydrogen-bond donors (Lipinski definition) is 1. The molecule has 5 heteroatoms. The molecule has 1 atom stereocenters. The number of benzene rings is 1. The minimum absolute atomic E-state index is 0.559. The molecule has 0 bridgehead atoms. The van der Waals surface area contributed by atoms with Gasteiger partial charge in [0, 0.05) is 23.0 Å². The molecular weight excluding hydrogens is 308 g/mol. The van der Waals surface area contributed by atoms with Gasteiger partial charge in [0.05, 0.1) is 17.7 Å². The summed E-state index contributed by atoms with van der Waals surface area (Å²) in [5, 5.41) is 9.57. The number of halogens is 1. The van der Waals surface area contributed by atoms with Gasteiger partial charge in [-0.25, -0.2) is 9.97 Å². The average Bonchev–Trinajstić information content (AvgIpc) is 2.38. The quantitative estimate of drug-likeness (QED) is 0.942. The van der Waals surface area contributed by atoms with Crippen molar-refractivity contribution >= 4 is 15.9 Å². The number of aliphatic hydroxyl groups excluding tert-OH is 1. The third kappa shape index (κ3) is 2.93. The Morgan fingerprint density at radius 2 is 2.11 bits per heavy atom. The first-order valence-corrected chi connectivity index (χ1v) is 6.67. The van der Waals surface area contributed by atoms with Crippen LogP contribution in [0.2, 0.25) is 0 Å². The molecule has 0 saturated carbocycles. The van der Waals surface area contributed by atoms with Crippen LogP contribution in [0.3, 0.4) is 0 Å². The van der Waals surface area contributed by atoms with Crippen LogP contribution in [0.25, 0.3) is 11.4 Å². The lowest BCUT2D eigenvalue weighted by atomic mass is 10.1. The van der Waals surface area contributed by atoms with Gasteiger partial charge in [-0.2, -0.15) is 0 Å². The number of aliphatic hydroxyl groups is 1. The maximum absolute atomic E-state index is 9.57. The van der Waals surface area contributed by atoms with Crippen LogP contribution in [0, 0.1) is 6.92 Å². The van der Waals surface area contributed by atoms with Gasteiger partial charge in [-0.1, -0.05) is 0 Å². The van der Waals surface area contributed by atoms with E-state index >= 15 is 0 Å². The second kappa shape index (κ2) is 5.67. The van der Waals surface area contributed by atoms with Crippen LogP contribution in [0.4, 0.5) is 0 Å². The van der Waals surface area contributed by atoms with E-state index in [1.807, 2.05) is 25.1 Å². The van der Waals surface area contributed by atoms with Crippen LogP contribution in [0.1, 0.15) is 24.3 Å². The smallest absolute Gasteiger partial charge is 0.159 e. The van der Waals surface area contributed by atoms with Crippen molar-refractivity contribution < 1.29 is 9.84 Å². The summed E-state index contributed by atoms with van der Waals surface area (Å²) in [6.45, 7) is 3.57. The number of aromatic nitrogens is 2. The highest BCUT2D eigenvalue weighted by atomic mass is 79.9. The molecule has 1 N–H and O–H groups in total. The minimum atomic E-state index is -0.559. The number of rotatable bonds is 3. The third-order valence-electron chi connectivity index (χ3n) is 2.88. The Balaban J connectivity index is 2.42. The van der Waals surface area contributed by atoms with Gasteiger partial charge in [-0.15, -0.1) is 0 Å². The minimum Gasteiger partial charge on any atom is -0.496 e. The standard InChI is InChI=1S/C14H15BrN2O2/c1-8-11(9(2)18)7-16-14(17-8)10-4-5-13(19-3)12(15)6-10/h4-7,9,18H,1-3H3/t9-/m1/s1. The molecular formula is C14H15BrN2O2. The zero-order valence-corrected chi connectivity index (χ0v) is 12.6. The van der Waals surface area contributed by atoms with Crippen molar-refractivity contribution in [3.05, 3.63) is 40.1 Å². The van der Waals surface area contributed by atoms with Gasteiger partial charge in [0.25, 0.3) is 0 Å². The van der Waals surface area contributed by atoms with E-state index in [9.17, 15) is 5.11 Å². The third-order valence-corrected chi connectivity index (χ3v) is 3.50. The van der Waals surface area contributed by atoms with Crippen molar-refractivity contribution in [2.75, 3.05) is 7.11 Å². The Kier molecular flexibility index (Phi) is 4.17. The van der Waals surface area contributed by atoms with Crippen LogP contribution in [0.5, 0.6) is 5.75 Å². The largest absolute Gasteiger partial charge is 0.496 e. The topological polar surface area (TPSA) is 55.2 Å². The van der Waals surface area contributed by atoms with Crippen molar-refractivity contribution in [3.8, 4) is 17.1 Å². The van der Waals surface area contributed by atoms with E-state index < -0.39 is 6.10 Å². The molecule has 2 rings (SSSR count). The van der Waals surface area contributed by atoms with Crippen LogP contribution in [0.15, 0.2) is 28.9 Å². The van der Waals surface area contributed by atoms with E-state index in [1.165, 1.54) is 0 Å². The van der Waals surface area contributed by atoms with Crippen LogP contribution >= 0.6 is 15.9 Å². The molecule has 19 heavy (non-hydrogen) atoms. The maximum atomic E-state index is 9.57. The lowest BCUT2D eigenvalue weighted by molar-refractivity contribution is 0.197. The first-order chi connectivity index (χ1) is 9.02. The summed E-state index contributed by atoms with van der Waals surface area (Å²) in [7, 11) is 1.62. The van der Waals surface area contributed by atoms with Crippen LogP contribution in [-0.4, -0.2) is 22.2 Å². The molecule has 0 aliphatic rings. The molecule has 0 spiro atoms. The summed E-state index contributed by atoms with van der Waals surface area (Å²) in [4.78, 5) is 8.72. The summed E-state index contributed by atoms with van der Waals surface area (Å²) in [5.41, 5.74) is 2.43. The van der Waals surface area contributed by atoms with Gasteiger partial charge in [-0.05, 0) is 48.0 Å². The maximum Gasteiger partial charge on any atom is 0.159 e. The Hall–Kier alpha value is -1.46. The Morgan fingerprint density at radius 3 is 2.63 bits per heavy atom. The highest BCUT2D eigenvalue weighted by molar-refractivity contribution is 9.10. The molecule has 1 aromatic carbocycles. The van der Waals surface area contributed by atoms with Crippen molar-refractivity contribution in [3.63, 3.8) is 0 Å². The molecule has 1 aromatic heterocycles. The predicted octanol–water partition coefficient (Wildman–Crippen LogP) is 3.28. The van der Waals surface area contributed by atoms with Gasteiger partial charge in [0.1, 0.15) is 5.75 Å². The highest BCUT2D eigenvalue weighted by Crippen LogP contribution is 2.29. The lowest BCUT2D eigenvalue weighted by Crippen LogP contribution is -2.01. The summed E-state index contributed by atoms with van der Waals surface area (Å²) in [6.07, 6.45) is 1.11. The molecule has 100 valence electrons. The molecule has 4 nitrogen and oxygen atoms in total. The molecule has 2 aromatic rings. The van der Waals surface area contributed by atoms with Gasteiger partial charge < -0.3 is 9.84 Å². The van der Waals surface area contributed by atoms with Gasteiger partial charge in [0.2, 0.25) is 0 Å². The van der Waals surface area contributed by atoms with Gasteiger partial charge >= 0.3 is 0 Å². The van der Waals surface area contributed by atoms with Crippen molar-refractivity contribution in [1.82, 2.24) is 9.97 Å². The van der Waals surface area contributed by atoms with E-state index in [4.69, 9.17) is 4.74 Å². The summed E-state index contributed by atoms with van der Waals surface area (Å²) < 4.78 is 6.04. The SMILES string of the molecule is COc1ccc(-c2ncc([C@@H](C)O)c(C)n2)cc1Br. The van der Waals surface area contributed by atoms with E-state index in [2.05, 4.69) is 25.9 Å². The number of nitrogens with zero attached hydrogens (tertiary/aromatic N) is 2. The molecule has 1 heterocycles. The molecule has 0 unspecified atom stereocenters. The Labute approximate surface area is 120 Å². The predicted molar refractivity (Wildman–Crippen MR) is 77.1 cm³/mol. The van der Waals surface area contributed by atoms with Crippen LogP contribution in [-0.2, 0) is 0 Å². The average molecular weight is 323 g/mol. The van der Waals surface area contributed by atoms with Crippen molar-refractivity contribution in [1.29, 1.82) is 0 Å². The fraction of sp³-hybridized carbons (Fsp3) is 0.286. The van der Waals surface area contributed by atoms with E-state index in [1.54, 1.807) is 20.2 Å². The van der Waals surface area contributed by atoms with Crippen molar-refractivity contribution in [2.45, 2.75) is 20.0 Å². The summed E-state index contributed by atoms with van der Waals surface area (Å²) in [6, 6.07) is 5.68. The number of hydrogen-bond acceptors (Lipinski definition) is 4. The van der Waals surface area contributed by atoms with E-state index in [-0.39, 0.29) is 0 Å². The number of methoxy groups -OCH3 is 1. The molecule has 0 fully saturated rings. The number of ether oxygens (including phenoxy) is 1. The second-order valence-corrected chi connectivity index (χ2v) is 5.11. The summed E-state index contributed by atoms with van der Waals surface area (Å²) >= 11 is 3.44. The lowest BCUT2D eigenvalue weighted by Gasteiger charge is -2.10. The van der Waals surface area contributed by atoms with E-state index in [0.29, 0.717) is 5.82 Å². The van der Waals surface area contributed by atoms with Gasteiger partial charge in [0.15, 0.2) is 5.82 Å². The molecule has 0 aliphatic carbocycles. The van der Waals surface area contributed by atoms with Crippen molar-refractivity contribution in [2.24, 2.45) is 0 Å². The highest BCUT2D eigenvalue weighted by Gasteiger charge is 2.10. The van der Waals surface area contributed by atoms with E-state index in [0.717, 1.165) is 27.0 Å². The normalized spacial score (nSPS) is 12.3.